The highest BCUT2D eigenvalue weighted by Gasteiger charge is 2.26. The van der Waals surface area contributed by atoms with Gasteiger partial charge in [-0.25, -0.2) is 4.79 Å². The number of carbonyl (C=O) groups excluding carboxylic acids is 2. The van der Waals surface area contributed by atoms with Crippen molar-refractivity contribution in [3.63, 3.8) is 0 Å². The number of carbonyl (C=O) groups is 2. The van der Waals surface area contributed by atoms with E-state index in [0.717, 1.165) is 23.6 Å². The zero-order valence-corrected chi connectivity index (χ0v) is 17.3. The first-order valence-electron chi connectivity index (χ1n) is 9.37. The Kier molecular flexibility index (Phi) is 7.74. The molecule has 9 heteroatoms. The van der Waals surface area contributed by atoms with Gasteiger partial charge in [-0.1, -0.05) is 25.1 Å². The zero-order valence-electron chi connectivity index (χ0n) is 17.3. The highest BCUT2D eigenvalue weighted by Crippen LogP contribution is 2.35. The number of anilines is 1. The van der Waals surface area contributed by atoms with E-state index in [9.17, 15) is 19.7 Å². The summed E-state index contributed by atoms with van der Waals surface area (Å²) in [5, 5.41) is 14.1. The third-order valence-electron chi connectivity index (χ3n) is 4.34. The van der Waals surface area contributed by atoms with Crippen molar-refractivity contribution >= 4 is 23.3 Å². The van der Waals surface area contributed by atoms with E-state index in [0.29, 0.717) is 5.69 Å². The normalized spacial score (nSPS) is 10.3. The number of nitro benzene ring substituents is 1. The lowest BCUT2D eigenvalue weighted by molar-refractivity contribution is -0.385. The van der Waals surface area contributed by atoms with Crippen molar-refractivity contribution in [2.24, 2.45) is 0 Å². The molecule has 0 aliphatic heterocycles. The summed E-state index contributed by atoms with van der Waals surface area (Å²) in [4.78, 5) is 35.4. The molecule has 9 nitrogen and oxygen atoms in total. The molecule has 0 radical (unpaired) electrons. The van der Waals surface area contributed by atoms with Crippen molar-refractivity contribution in [1.82, 2.24) is 0 Å². The predicted octanol–water partition coefficient (Wildman–Crippen LogP) is 3.67. The van der Waals surface area contributed by atoms with Gasteiger partial charge in [0.15, 0.2) is 18.1 Å². The summed E-state index contributed by atoms with van der Waals surface area (Å²) in [6.45, 7) is 5.20. The minimum atomic E-state index is -1.02. The van der Waals surface area contributed by atoms with Crippen LogP contribution in [0.5, 0.6) is 11.5 Å². The molecule has 1 N–H and O–H groups in total. The van der Waals surface area contributed by atoms with Crippen molar-refractivity contribution in [2.45, 2.75) is 27.2 Å². The number of esters is 1. The van der Waals surface area contributed by atoms with Crippen molar-refractivity contribution in [3.8, 4) is 11.5 Å². The molecule has 0 aliphatic rings. The van der Waals surface area contributed by atoms with E-state index < -0.39 is 29.1 Å². The van der Waals surface area contributed by atoms with Gasteiger partial charge in [0.1, 0.15) is 5.56 Å². The molecule has 0 bridgehead atoms. The molecule has 160 valence electrons. The Balaban J connectivity index is 2.18. The predicted molar refractivity (Wildman–Crippen MR) is 110 cm³/mol. The third kappa shape index (κ3) is 5.25. The van der Waals surface area contributed by atoms with Crippen molar-refractivity contribution < 1.29 is 28.7 Å². The smallest absolute Gasteiger partial charge is 0.345 e. The Morgan fingerprint density at radius 2 is 1.90 bits per heavy atom. The number of para-hydroxylation sites is 1. The lowest BCUT2D eigenvalue weighted by Gasteiger charge is -2.14. The maximum Gasteiger partial charge on any atom is 0.345 e. The lowest BCUT2D eigenvalue weighted by atomic mass is 10.1. The number of aryl methyl sites for hydroxylation is 2. The number of nitrogens with one attached hydrogen (secondary N) is 1. The van der Waals surface area contributed by atoms with Gasteiger partial charge in [0.25, 0.3) is 11.6 Å². The molecular formula is C21H24N2O7. The van der Waals surface area contributed by atoms with Crippen molar-refractivity contribution in [2.75, 3.05) is 25.6 Å². The summed E-state index contributed by atoms with van der Waals surface area (Å²) in [6, 6.07) is 7.91. The van der Waals surface area contributed by atoms with E-state index in [1.165, 1.54) is 13.2 Å². The van der Waals surface area contributed by atoms with Gasteiger partial charge in [0.05, 0.1) is 24.7 Å². The summed E-state index contributed by atoms with van der Waals surface area (Å²) >= 11 is 0. The van der Waals surface area contributed by atoms with Crippen LogP contribution in [0.4, 0.5) is 11.4 Å². The van der Waals surface area contributed by atoms with Crippen LogP contribution in [-0.2, 0) is 16.0 Å². The van der Waals surface area contributed by atoms with E-state index in [4.69, 9.17) is 14.2 Å². The summed E-state index contributed by atoms with van der Waals surface area (Å²) in [6.07, 6.45) is 0.718. The van der Waals surface area contributed by atoms with E-state index >= 15 is 0 Å². The van der Waals surface area contributed by atoms with Crippen LogP contribution in [0.3, 0.4) is 0 Å². The Labute approximate surface area is 174 Å². The SMILES string of the molecule is CCOc1cc([N+](=O)[O-])c(C(=O)OCC(=O)Nc2c(C)cccc2CC)cc1OC. The lowest BCUT2D eigenvalue weighted by Crippen LogP contribution is -2.22. The second kappa shape index (κ2) is 10.2. The number of hydrogen-bond acceptors (Lipinski definition) is 7. The van der Waals surface area contributed by atoms with E-state index in [1.54, 1.807) is 6.92 Å². The number of amides is 1. The summed E-state index contributed by atoms with van der Waals surface area (Å²) < 4.78 is 15.5. The molecule has 2 aromatic carbocycles. The zero-order chi connectivity index (χ0) is 22.3. The summed E-state index contributed by atoms with van der Waals surface area (Å²) in [5.74, 6) is -1.29. The summed E-state index contributed by atoms with van der Waals surface area (Å²) in [5.41, 5.74) is 1.65. The second-order valence-electron chi connectivity index (χ2n) is 6.30. The largest absolute Gasteiger partial charge is 0.493 e. The Bertz CT molecular complexity index is 957. The quantitative estimate of drug-likeness (QED) is 0.376. The Morgan fingerprint density at radius 1 is 1.17 bits per heavy atom. The van der Waals surface area contributed by atoms with Crippen LogP contribution in [0.1, 0.15) is 35.3 Å². The molecule has 0 fully saturated rings. The molecule has 0 saturated heterocycles. The molecule has 0 aromatic heterocycles. The molecule has 0 spiro atoms. The summed E-state index contributed by atoms with van der Waals surface area (Å²) in [7, 11) is 1.35. The minimum absolute atomic E-state index is 0.132. The molecule has 1 amide bonds. The van der Waals surface area contributed by atoms with Gasteiger partial charge in [-0.05, 0) is 31.4 Å². The van der Waals surface area contributed by atoms with E-state index in [1.807, 2.05) is 32.0 Å². The van der Waals surface area contributed by atoms with Gasteiger partial charge in [-0.2, -0.15) is 0 Å². The number of nitro groups is 1. The van der Waals surface area contributed by atoms with Crippen LogP contribution in [0.25, 0.3) is 0 Å². The molecular weight excluding hydrogens is 392 g/mol. The number of ether oxygens (including phenoxy) is 3. The number of methoxy groups -OCH3 is 1. The van der Waals surface area contributed by atoms with Gasteiger partial charge in [-0.3, -0.25) is 14.9 Å². The number of nitrogens with zero attached hydrogens (tertiary/aromatic N) is 1. The van der Waals surface area contributed by atoms with Crippen LogP contribution < -0.4 is 14.8 Å². The van der Waals surface area contributed by atoms with Crippen LogP contribution in [-0.4, -0.2) is 37.1 Å². The van der Waals surface area contributed by atoms with Gasteiger partial charge < -0.3 is 19.5 Å². The van der Waals surface area contributed by atoms with Gasteiger partial charge in [-0.15, -0.1) is 0 Å². The monoisotopic (exact) mass is 416 g/mol. The van der Waals surface area contributed by atoms with Crippen molar-refractivity contribution in [1.29, 1.82) is 0 Å². The first-order valence-corrected chi connectivity index (χ1v) is 9.37. The van der Waals surface area contributed by atoms with Gasteiger partial charge in [0.2, 0.25) is 0 Å². The molecule has 0 heterocycles. The molecule has 0 aliphatic carbocycles. The third-order valence-corrected chi connectivity index (χ3v) is 4.34. The van der Waals surface area contributed by atoms with Crippen LogP contribution in [0.15, 0.2) is 30.3 Å². The Hall–Kier alpha value is -3.62. The molecule has 0 unspecified atom stereocenters. The fourth-order valence-electron chi connectivity index (χ4n) is 2.88. The Morgan fingerprint density at radius 3 is 2.50 bits per heavy atom. The maximum absolute atomic E-state index is 12.5. The molecule has 0 saturated carbocycles. The number of rotatable bonds is 9. The average Bonchev–Trinajstić information content (AvgIpc) is 2.73. The van der Waals surface area contributed by atoms with E-state index in [2.05, 4.69) is 5.32 Å². The fraction of sp³-hybridized carbons (Fsp3) is 0.333. The topological polar surface area (TPSA) is 117 Å². The van der Waals surface area contributed by atoms with Gasteiger partial charge >= 0.3 is 5.97 Å². The van der Waals surface area contributed by atoms with Crippen LogP contribution in [0, 0.1) is 17.0 Å². The number of benzene rings is 2. The van der Waals surface area contributed by atoms with E-state index in [-0.39, 0.29) is 23.7 Å². The molecule has 0 atom stereocenters. The van der Waals surface area contributed by atoms with Gasteiger partial charge in [0, 0.05) is 11.8 Å². The molecule has 30 heavy (non-hydrogen) atoms. The maximum atomic E-state index is 12.5. The molecule has 2 aromatic rings. The van der Waals surface area contributed by atoms with Crippen LogP contribution in [0.2, 0.25) is 0 Å². The highest BCUT2D eigenvalue weighted by molar-refractivity contribution is 5.98. The number of hydrogen-bond donors (Lipinski definition) is 1. The minimum Gasteiger partial charge on any atom is -0.493 e. The highest BCUT2D eigenvalue weighted by atomic mass is 16.6. The second-order valence-corrected chi connectivity index (χ2v) is 6.30. The fourth-order valence-corrected chi connectivity index (χ4v) is 2.88. The standard InChI is InChI=1S/C21H24N2O7/c1-5-14-9-7-8-13(3)20(14)22-19(24)12-30-21(25)15-10-17(28-4)18(29-6-2)11-16(15)23(26)27/h7-11H,5-6,12H2,1-4H3,(H,22,24). The average molecular weight is 416 g/mol. The molecule has 2 rings (SSSR count). The van der Waals surface area contributed by atoms with Crippen molar-refractivity contribution in [3.05, 3.63) is 57.1 Å². The van der Waals surface area contributed by atoms with Crippen LogP contribution >= 0.6 is 0 Å². The first kappa shape index (κ1) is 22.7. The first-order chi connectivity index (χ1) is 14.3.